The normalized spacial score (nSPS) is 10.7. The van der Waals surface area contributed by atoms with Crippen LogP contribution in [0.5, 0.6) is 0 Å². The minimum Gasteiger partial charge on any atom is -0.354 e. The fourth-order valence-electron chi connectivity index (χ4n) is 1.82. The van der Waals surface area contributed by atoms with Gasteiger partial charge in [-0.15, -0.1) is 0 Å². The Morgan fingerprint density at radius 3 is 2.50 bits per heavy atom. The largest absolute Gasteiger partial charge is 0.354 e. The number of pyridine rings is 1. The lowest BCUT2D eigenvalue weighted by molar-refractivity contribution is -0.128. The van der Waals surface area contributed by atoms with E-state index in [0.29, 0.717) is 19.4 Å². The first-order chi connectivity index (χ1) is 8.68. The molecule has 0 aliphatic rings. The highest BCUT2D eigenvalue weighted by Crippen LogP contribution is 2.25. The van der Waals surface area contributed by atoms with E-state index in [9.17, 15) is 4.79 Å². The van der Waals surface area contributed by atoms with Crippen molar-refractivity contribution in [2.45, 2.75) is 33.1 Å². The summed E-state index contributed by atoms with van der Waals surface area (Å²) in [5, 5.41) is 12.0. The number of nitrogens with one attached hydrogen (secondary N) is 1. The monoisotopic (exact) mass is 245 g/mol. The number of rotatable bonds is 6. The summed E-state index contributed by atoms with van der Waals surface area (Å²) in [5.41, 5.74) is 0.249. The highest BCUT2D eigenvalue weighted by molar-refractivity contribution is 5.85. The molecule has 1 aromatic rings. The first-order valence-corrected chi connectivity index (χ1v) is 6.27. The Balaban J connectivity index is 2.49. The molecule has 1 heterocycles. The third kappa shape index (κ3) is 3.30. The molecule has 0 fully saturated rings. The minimum absolute atomic E-state index is 0.163. The topological polar surface area (TPSA) is 65.8 Å². The number of carbonyl (C=O) groups is 1. The molecule has 0 aliphatic carbocycles. The van der Waals surface area contributed by atoms with Crippen molar-refractivity contribution in [3.8, 4) is 6.07 Å². The van der Waals surface area contributed by atoms with Crippen LogP contribution in [0.4, 0.5) is 0 Å². The number of aromatic nitrogens is 1. The van der Waals surface area contributed by atoms with E-state index in [1.54, 1.807) is 12.4 Å². The van der Waals surface area contributed by atoms with Crippen LogP contribution in [0.3, 0.4) is 0 Å². The van der Waals surface area contributed by atoms with Gasteiger partial charge in [-0.2, -0.15) is 5.26 Å². The molecule has 0 atom stereocenters. The van der Waals surface area contributed by atoms with Crippen molar-refractivity contribution in [1.29, 1.82) is 5.26 Å². The average molecular weight is 245 g/mol. The molecule has 0 bridgehead atoms. The Morgan fingerprint density at radius 1 is 1.39 bits per heavy atom. The first kappa shape index (κ1) is 14.2. The lowest BCUT2D eigenvalue weighted by Gasteiger charge is -2.22. The highest BCUT2D eigenvalue weighted by Gasteiger charge is 2.34. The van der Waals surface area contributed by atoms with Gasteiger partial charge in [-0.05, 0) is 37.0 Å². The molecule has 1 aromatic heterocycles. The molecule has 1 amide bonds. The summed E-state index contributed by atoms with van der Waals surface area (Å²) < 4.78 is 0. The van der Waals surface area contributed by atoms with Gasteiger partial charge in [0, 0.05) is 18.9 Å². The first-order valence-electron chi connectivity index (χ1n) is 6.27. The number of hydrogen-bond acceptors (Lipinski definition) is 3. The Kier molecular flexibility index (Phi) is 5.31. The van der Waals surface area contributed by atoms with Crippen molar-refractivity contribution in [2.24, 2.45) is 5.41 Å². The van der Waals surface area contributed by atoms with Gasteiger partial charge in [0.15, 0.2) is 0 Å². The second-order valence-electron chi connectivity index (χ2n) is 4.26. The second-order valence-corrected chi connectivity index (χ2v) is 4.26. The van der Waals surface area contributed by atoms with Crippen LogP contribution in [-0.4, -0.2) is 17.4 Å². The molecule has 0 radical (unpaired) electrons. The molecule has 4 heteroatoms. The molecule has 1 N–H and O–H groups in total. The van der Waals surface area contributed by atoms with Crippen LogP contribution in [0.25, 0.3) is 0 Å². The van der Waals surface area contributed by atoms with Crippen LogP contribution in [0, 0.1) is 16.7 Å². The van der Waals surface area contributed by atoms with Gasteiger partial charge in [-0.25, -0.2) is 0 Å². The summed E-state index contributed by atoms with van der Waals surface area (Å²) in [6.07, 6.45) is 5.30. The van der Waals surface area contributed by atoms with E-state index in [4.69, 9.17) is 5.26 Å². The van der Waals surface area contributed by atoms with Gasteiger partial charge in [-0.1, -0.05) is 13.8 Å². The van der Waals surface area contributed by atoms with Crippen LogP contribution < -0.4 is 5.32 Å². The third-order valence-corrected chi connectivity index (χ3v) is 3.30. The molecular weight excluding hydrogens is 226 g/mol. The molecule has 18 heavy (non-hydrogen) atoms. The third-order valence-electron chi connectivity index (χ3n) is 3.30. The zero-order valence-electron chi connectivity index (χ0n) is 10.9. The standard InChI is InChI=1S/C14H19N3O/c1-3-14(4-2,11-15)13(18)17-10-7-12-5-8-16-9-6-12/h5-6,8-9H,3-4,7,10H2,1-2H3,(H,17,18). The van der Waals surface area contributed by atoms with Crippen molar-refractivity contribution >= 4 is 5.91 Å². The molecule has 0 aromatic carbocycles. The van der Waals surface area contributed by atoms with Crippen LogP contribution in [0.1, 0.15) is 32.3 Å². The van der Waals surface area contributed by atoms with Gasteiger partial charge in [0.1, 0.15) is 5.41 Å². The SMILES string of the molecule is CCC(C#N)(CC)C(=O)NCCc1ccncc1. The molecule has 0 spiro atoms. The molecule has 0 aliphatic heterocycles. The van der Waals surface area contributed by atoms with Gasteiger partial charge in [0.25, 0.3) is 0 Å². The van der Waals surface area contributed by atoms with Crippen molar-refractivity contribution in [2.75, 3.05) is 6.54 Å². The summed E-state index contributed by atoms with van der Waals surface area (Å²) in [5.74, 6) is -0.163. The lowest BCUT2D eigenvalue weighted by Crippen LogP contribution is -2.40. The zero-order valence-corrected chi connectivity index (χ0v) is 10.9. The van der Waals surface area contributed by atoms with E-state index >= 15 is 0 Å². The minimum atomic E-state index is -0.877. The molecule has 4 nitrogen and oxygen atoms in total. The van der Waals surface area contributed by atoms with E-state index in [0.717, 1.165) is 12.0 Å². The zero-order chi connectivity index (χ0) is 13.4. The number of hydrogen-bond donors (Lipinski definition) is 1. The van der Waals surface area contributed by atoms with E-state index in [-0.39, 0.29) is 5.91 Å². The Bertz CT molecular complexity index is 418. The predicted octanol–water partition coefficient (Wildman–Crippen LogP) is 2.07. The Labute approximate surface area is 108 Å². The fraction of sp³-hybridized carbons (Fsp3) is 0.500. The van der Waals surface area contributed by atoms with E-state index in [2.05, 4.69) is 16.4 Å². The van der Waals surface area contributed by atoms with Crippen LogP contribution in [-0.2, 0) is 11.2 Å². The van der Waals surface area contributed by atoms with Gasteiger partial charge >= 0.3 is 0 Å². The maximum absolute atomic E-state index is 12.0. The highest BCUT2D eigenvalue weighted by atomic mass is 16.2. The summed E-state index contributed by atoms with van der Waals surface area (Å²) >= 11 is 0. The molecule has 1 rings (SSSR count). The van der Waals surface area contributed by atoms with Crippen LogP contribution in [0.15, 0.2) is 24.5 Å². The number of nitriles is 1. The number of amides is 1. The molecular formula is C14H19N3O. The Morgan fingerprint density at radius 2 is 2.00 bits per heavy atom. The maximum atomic E-state index is 12.0. The van der Waals surface area contributed by atoms with E-state index < -0.39 is 5.41 Å². The van der Waals surface area contributed by atoms with Crippen LogP contribution >= 0.6 is 0 Å². The molecule has 0 saturated heterocycles. The average Bonchev–Trinajstić information content (AvgIpc) is 2.42. The smallest absolute Gasteiger partial charge is 0.240 e. The van der Waals surface area contributed by atoms with E-state index in [1.807, 2.05) is 26.0 Å². The molecule has 0 unspecified atom stereocenters. The lowest BCUT2D eigenvalue weighted by atomic mass is 9.83. The molecule has 0 saturated carbocycles. The number of carbonyl (C=O) groups excluding carboxylic acids is 1. The van der Waals surface area contributed by atoms with Gasteiger partial charge in [-0.3, -0.25) is 9.78 Å². The van der Waals surface area contributed by atoms with Crippen molar-refractivity contribution < 1.29 is 4.79 Å². The second kappa shape index (κ2) is 6.75. The van der Waals surface area contributed by atoms with Gasteiger partial charge < -0.3 is 5.32 Å². The number of nitrogens with zero attached hydrogens (tertiary/aromatic N) is 2. The van der Waals surface area contributed by atoms with Crippen molar-refractivity contribution in [3.05, 3.63) is 30.1 Å². The fourth-order valence-corrected chi connectivity index (χ4v) is 1.82. The van der Waals surface area contributed by atoms with Crippen molar-refractivity contribution in [1.82, 2.24) is 10.3 Å². The van der Waals surface area contributed by atoms with E-state index in [1.165, 1.54) is 0 Å². The summed E-state index contributed by atoms with van der Waals surface area (Å²) in [4.78, 5) is 15.9. The summed E-state index contributed by atoms with van der Waals surface area (Å²) in [7, 11) is 0. The summed E-state index contributed by atoms with van der Waals surface area (Å²) in [6.45, 7) is 4.29. The van der Waals surface area contributed by atoms with Crippen molar-refractivity contribution in [3.63, 3.8) is 0 Å². The van der Waals surface area contributed by atoms with Gasteiger partial charge in [0.2, 0.25) is 5.91 Å². The Hall–Kier alpha value is -1.89. The summed E-state index contributed by atoms with van der Waals surface area (Å²) in [6, 6.07) is 5.98. The van der Waals surface area contributed by atoms with Gasteiger partial charge in [0.05, 0.1) is 6.07 Å². The predicted molar refractivity (Wildman–Crippen MR) is 69.6 cm³/mol. The maximum Gasteiger partial charge on any atom is 0.240 e. The molecule has 96 valence electrons. The van der Waals surface area contributed by atoms with Crippen LogP contribution in [0.2, 0.25) is 0 Å². The quantitative estimate of drug-likeness (QED) is 0.834.